The normalized spacial score (nSPS) is 11.1. The van der Waals surface area contributed by atoms with Crippen molar-refractivity contribution >= 4 is 34.3 Å². The summed E-state index contributed by atoms with van der Waals surface area (Å²) in [5.74, 6) is -0.398. The minimum Gasteiger partial charge on any atom is -0.456 e. The molecule has 0 radical (unpaired) electrons. The molecule has 132 valence electrons. The molecule has 0 saturated carbocycles. The average Bonchev–Trinajstić information content (AvgIpc) is 3.27. The summed E-state index contributed by atoms with van der Waals surface area (Å²) in [5.41, 5.74) is 2.75. The molecule has 0 amide bonds. The Labute approximate surface area is 156 Å². The Balaban J connectivity index is 1.69. The Kier molecular flexibility index (Phi) is 5.82. The lowest BCUT2D eigenvalue weighted by molar-refractivity contribution is -0.139. The fraction of sp³-hybridized carbons (Fsp3) is 0.250. The van der Waals surface area contributed by atoms with E-state index < -0.39 is 5.97 Å². The molecule has 1 aromatic carbocycles. The van der Waals surface area contributed by atoms with Crippen molar-refractivity contribution in [2.24, 2.45) is 0 Å². The van der Waals surface area contributed by atoms with Crippen LogP contribution >= 0.6 is 11.3 Å². The fourth-order valence-corrected chi connectivity index (χ4v) is 3.42. The minimum absolute atomic E-state index is 0.184. The second-order valence-electron chi connectivity index (χ2n) is 5.73. The number of para-hydroxylation sites is 1. The minimum atomic E-state index is -0.398. The Morgan fingerprint density at radius 3 is 3.04 bits per heavy atom. The summed E-state index contributed by atoms with van der Waals surface area (Å²) in [4.78, 5) is 16.4. The highest BCUT2D eigenvalue weighted by Gasteiger charge is 2.07. The van der Waals surface area contributed by atoms with E-state index in [1.54, 1.807) is 17.4 Å². The van der Waals surface area contributed by atoms with E-state index in [4.69, 9.17) is 10.00 Å². The van der Waals surface area contributed by atoms with Gasteiger partial charge in [0, 0.05) is 40.7 Å². The van der Waals surface area contributed by atoms with Crippen molar-refractivity contribution < 1.29 is 9.53 Å². The van der Waals surface area contributed by atoms with E-state index in [1.165, 1.54) is 6.08 Å². The lowest BCUT2D eigenvalue weighted by atomic mass is 10.1. The maximum absolute atomic E-state index is 12.0. The Hall–Kier alpha value is -2.91. The summed E-state index contributed by atoms with van der Waals surface area (Å²) in [7, 11) is 0. The first-order valence-corrected chi connectivity index (χ1v) is 9.32. The van der Waals surface area contributed by atoms with Gasteiger partial charge in [0.25, 0.3) is 0 Å². The van der Waals surface area contributed by atoms with Crippen molar-refractivity contribution in [1.82, 2.24) is 9.55 Å². The number of nitriles is 1. The highest BCUT2D eigenvalue weighted by molar-refractivity contribution is 7.09. The number of ether oxygens (including phenoxy) is 1. The predicted molar refractivity (Wildman–Crippen MR) is 102 cm³/mol. The van der Waals surface area contributed by atoms with Gasteiger partial charge in [0.15, 0.2) is 0 Å². The van der Waals surface area contributed by atoms with E-state index in [-0.39, 0.29) is 6.61 Å². The number of hydrogen-bond donors (Lipinski definition) is 0. The third-order valence-corrected chi connectivity index (χ3v) is 4.99. The number of thiazole rings is 1. The zero-order valence-corrected chi connectivity index (χ0v) is 15.3. The maximum atomic E-state index is 12.0. The maximum Gasteiger partial charge on any atom is 0.331 e. The molecule has 0 aliphatic heterocycles. The number of carbonyl (C=O) groups is 1. The van der Waals surface area contributed by atoms with Gasteiger partial charge in [0.05, 0.1) is 23.2 Å². The molecule has 0 bridgehead atoms. The Bertz CT molecular complexity index is 979. The lowest BCUT2D eigenvalue weighted by Crippen LogP contribution is -2.01. The molecule has 5 nitrogen and oxygen atoms in total. The van der Waals surface area contributed by atoms with Crippen molar-refractivity contribution in [2.45, 2.75) is 32.9 Å². The number of nitrogens with zero attached hydrogens (tertiary/aromatic N) is 3. The molecule has 0 saturated heterocycles. The molecule has 0 fully saturated rings. The average molecular weight is 365 g/mol. The number of rotatable bonds is 7. The van der Waals surface area contributed by atoms with Gasteiger partial charge in [0.1, 0.15) is 6.61 Å². The van der Waals surface area contributed by atoms with Crippen LogP contribution in [0.5, 0.6) is 0 Å². The van der Waals surface area contributed by atoms with Crippen molar-refractivity contribution in [3.8, 4) is 6.07 Å². The summed E-state index contributed by atoms with van der Waals surface area (Å²) < 4.78 is 7.29. The number of carbonyl (C=O) groups excluding carboxylic acids is 1. The Morgan fingerprint density at radius 1 is 1.42 bits per heavy atom. The second kappa shape index (κ2) is 8.45. The zero-order chi connectivity index (χ0) is 18.4. The molecule has 0 unspecified atom stereocenters. The van der Waals surface area contributed by atoms with Crippen molar-refractivity contribution in [3.05, 3.63) is 58.2 Å². The smallest absolute Gasteiger partial charge is 0.331 e. The van der Waals surface area contributed by atoms with E-state index >= 15 is 0 Å². The fourth-order valence-electron chi connectivity index (χ4n) is 2.69. The first kappa shape index (κ1) is 17.9. The summed E-state index contributed by atoms with van der Waals surface area (Å²) in [6.07, 6.45) is 6.47. The number of esters is 1. The quantitative estimate of drug-likeness (QED) is 0.462. The highest BCUT2D eigenvalue weighted by Crippen LogP contribution is 2.23. The number of aryl methyl sites for hydroxylation is 2. The van der Waals surface area contributed by atoms with Crippen LogP contribution in [0.1, 0.15) is 29.6 Å². The first-order chi connectivity index (χ1) is 12.7. The van der Waals surface area contributed by atoms with Gasteiger partial charge in [0.2, 0.25) is 0 Å². The lowest BCUT2D eigenvalue weighted by Gasteiger charge is -2.00. The third-order valence-electron chi connectivity index (χ3n) is 3.95. The SMILES string of the molecule is CCc1nc(COC(=O)C=Cc2cn(CCC#N)c3ccccc23)cs1. The monoisotopic (exact) mass is 365 g/mol. The highest BCUT2D eigenvalue weighted by atomic mass is 32.1. The standard InChI is InChI=1S/C20H19N3O2S/c1-2-19-22-16(14-26-19)13-25-20(24)9-8-15-12-23(11-5-10-21)18-7-4-3-6-17(15)18/h3-4,6-9,12,14H,2,5,11,13H2,1H3. The van der Waals surface area contributed by atoms with Gasteiger partial charge in [-0.05, 0) is 18.6 Å². The van der Waals surface area contributed by atoms with Gasteiger partial charge in [-0.1, -0.05) is 25.1 Å². The molecule has 2 aromatic heterocycles. The van der Waals surface area contributed by atoms with E-state index in [0.717, 1.165) is 33.6 Å². The van der Waals surface area contributed by atoms with Crippen LogP contribution in [0.25, 0.3) is 17.0 Å². The van der Waals surface area contributed by atoms with Crippen molar-refractivity contribution in [1.29, 1.82) is 5.26 Å². The van der Waals surface area contributed by atoms with E-state index in [9.17, 15) is 4.79 Å². The molecular formula is C20H19N3O2S. The first-order valence-electron chi connectivity index (χ1n) is 8.44. The van der Waals surface area contributed by atoms with Crippen LogP contribution in [-0.2, 0) is 29.1 Å². The van der Waals surface area contributed by atoms with Crippen LogP contribution in [0.2, 0.25) is 0 Å². The van der Waals surface area contributed by atoms with Crippen molar-refractivity contribution in [3.63, 3.8) is 0 Å². The molecule has 26 heavy (non-hydrogen) atoms. The van der Waals surface area contributed by atoms with Crippen molar-refractivity contribution in [2.75, 3.05) is 0 Å². The number of benzene rings is 1. The molecule has 0 aliphatic carbocycles. The zero-order valence-electron chi connectivity index (χ0n) is 14.5. The van der Waals surface area contributed by atoms with Gasteiger partial charge in [-0.2, -0.15) is 5.26 Å². The molecule has 3 rings (SSSR count). The molecule has 0 spiro atoms. The van der Waals surface area contributed by atoms with Crippen LogP contribution in [0.4, 0.5) is 0 Å². The third kappa shape index (κ3) is 4.19. The molecular weight excluding hydrogens is 346 g/mol. The number of hydrogen-bond acceptors (Lipinski definition) is 5. The number of aromatic nitrogens is 2. The van der Waals surface area contributed by atoms with Gasteiger partial charge in [-0.15, -0.1) is 11.3 Å². The van der Waals surface area contributed by atoms with Crippen LogP contribution in [-0.4, -0.2) is 15.5 Å². The van der Waals surface area contributed by atoms with E-state index in [1.807, 2.05) is 47.3 Å². The summed E-state index contributed by atoms with van der Waals surface area (Å²) in [6.45, 7) is 2.85. The molecule has 3 aromatic rings. The molecule has 0 atom stereocenters. The summed E-state index contributed by atoms with van der Waals surface area (Å²) in [5, 5.41) is 12.8. The van der Waals surface area contributed by atoms with Crippen LogP contribution < -0.4 is 0 Å². The van der Waals surface area contributed by atoms with Crippen LogP contribution in [0.15, 0.2) is 41.9 Å². The second-order valence-corrected chi connectivity index (χ2v) is 6.67. The molecule has 6 heteroatoms. The van der Waals surface area contributed by atoms with Gasteiger partial charge >= 0.3 is 5.97 Å². The van der Waals surface area contributed by atoms with Gasteiger partial charge in [-0.3, -0.25) is 0 Å². The van der Waals surface area contributed by atoms with E-state index in [0.29, 0.717) is 13.0 Å². The Morgan fingerprint density at radius 2 is 2.27 bits per heavy atom. The molecule has 0 N–H and O–H groups in total. The van der Waals surface area contributed by atoms with Crippen LogP contribution in [0.3, 0.4) is 0 Å². The largest absolute Gasteiger partial charge is 0.456 e. The van der Waals surface area contributed by atoms with Gasteiger partial charge in [-0.25, -0.2) is 9.78 Å². The van der Waals surface area contributed by atoms with Crippen LogP contribution in [0, 0.1) is 11.3 Å². The summed E-state index contributed by atoms with van der Waals surface area (Å²) >= 11 is 1.58. The van der Waals surface area contributed by atoms with E-state index in [2.05, 4.69) is 11.1 Å². The topological polar surface area (TPSA) is 67.9 Å². The molecule has 2 heterocycles. The summed E-state index contributed by atoms with van der Waals surface area (Å²) in [6, 6.07) is 10.1. The predicted octanol–water partition coefficient (Wildman–Crippen LogP) is 4.33. The number of fused-ring (bicyclic) bond motifs is 1. The molecule has 0 aliphatic rings. The van der Waals surface area contributed by atoms with Gasteiger partial charge < -0.3 is 9.30 Å².